The summed E-state index contributed by atoms with van der Waals surface area (Å²) in [7, 11) is -3.93. The monoisotopic (exact) mass is 580 g/mol. The first-order valence-electron chi connectivity index (χ1n) is 12.5. The third-order valence-electron chi connectivity index (χ3n) is 6.02. The summed E-state index contributed by atoms with van der Waals surface area (Å²) in [6.45, 7) is 1.30. The lowest BCUT2D eigenvalue weighted by atomic mass is 10.1. The van der Waals surface area contributed by atoms with E-state index in [0.29, 0.717) is 30.5 Å². The molecule has 1 atom stereocenters. The van der Waals surface area contributed by atoms with Crippen LogP contribution in [0.5, 0.6) is 11.5 Å². The number of sulfone groups is 1. The molecule has 208 valence electrons. The van der Waals surface area contributed by atoms with Gasteiger partial charge in [-0.1, -0.05) is 54.1 Å². The van der Waals surface area contributed by atoms with Crippen LogP contribution in [0.25, 0.3) is 0 Å². The number of nitrogens with two attached hydrogens (primary N) is 1. The second kappa shape index (κ2) is 13.5. The van der Waals surface area contributed by atoms with E-state index in [9.17, 15) is 18.3 Å². The summed E-state index contributed by atoms with van der Waals surface area (Å²) in [5, 5.41) is 13.9. The molecule has 0 aliphatic heterocycles. The predicted molar refractivity (Wildman–Crippen MR) is 152 cm³/mol. The fraction of sp³-hybridized carbons (Fsp3) is 0.167. The number of carbonyl (C=O) groups excluding carboxylic acids is 1. The van der Waals surface area contributed by atoms with Gasteiger partial charge in [0.15, 0.2) is 0 Å². The summed E-state index contributed by atoms with van der Waals surface area (Å²) < 4.78 is 37.9. The minimum Gasteiger partial charge on any atom is -0.492 e. The van der Waals surface area contributed by atoms with Crippen LogP contribution in [0.4, 0.5) is 0 Å². The van der Waals surface area contributed by atoms with E-state index in [1.807, 2.05) is 30.3 Å². The maximum absolute atomic E-state index is 13.2. The van der Waals surface area contributed by atoms with Crippen molar-refractivity contribution in [2.45, 2.75) is 22.5 Å². The first-order valence-corrected chi connectivity index (χ1v) is 14.3. The van der Waals surface area contributed by atoms with E-state index in [1.54, 1.807) is 36.4 Å². The van der Waals surface area contributed by atoms with Gasteiger partial charge in [0.05, 0.1) is 21.5 Å². The highest BCUT2D eigenvalue weighted by Gasteiger charge is 2.21. The van der Waals surface area contributed by atoms with E-state index >= 15 is 0 Å². The number of primary amides is 1. The Morgan fingerprint density at radius 1 is 0.900 bits per heavy atom. The van der Waals surface area contributed by atoms with Crippen molar-refractivity contribution in [3.05, 3.63) is 119 Å². The Morgan fingerprint density at radius 3 is 2.33 bits per heavy atom. The van der Waals surface area contributed by atoms with Crippen molar-refractivity contribution < 1.29 is 27.8 Å². The molecule has 0 aromatic heterocycles. The molecule has 0 heterocycles. The Bertz CT molecular complexity index is 1550. The lowest BCUT2D eigenvalue weighted by Gasteiger charge is -2.13. The normalized spacial score (nSPS) is 12.1. The van der Waals surface area contributed by atoms with Gasteiger partial charge in [0.2, 0.25) is 9.84 Å². The summed E-state index contributed by atoms with van der Waals surface area (Å²) in [5.74, 6) is -0.107. The zero-order chi connectivity index (χ0) is 28.5. The van der Waals surface area contributed by atoms with Crippen molar-refractivity contribution >= 4 is 27.3 Å². The van der Waals surface area contributed by atoms with Crippen molar-refractivity contribution in [3.63, 3.8) is 0 Å². The molecule has 8 nitrogen and oxygen atoms in total. The molecule has 4 aromatic carbocycles. The van der Waals surface area contributed by atoms with Crippen molar-refractivity contribution in [2.24, 2.45) is 5.73 Å². The van der Waals surface area contributed by atoms with Gasteiger partial charge in [0.25, 0.3) is 5.91 Å². The largest absolute Gasteiger partial charge is 0.492 e. The minimum atomic E-state index is -3.93. The van der Waals surface area contributed by atoms with Gasteiger partial charge >= 0.3 is 0 Å². The van der Waals surface area contributed by atoms with Crippen molar-refractivity contribution in [1.82, 2.24) is 5.32 Å². The fourth-order valence-electron chi connectivity index (χ4n) is 3.89. The highest BCUT2D eigenvalue weighted by atomic mass is 35.5. The number of benzene rings is 4. The van der Waals surface area contributed by atoms with Crippen LogP contribution >= 0.6 is 11.6 Å². The quantitative estimate of drug-likeness (QED) is 0.198. The van der Waals surface area contributed by atoms with Crippen molar-refractivity contribution in [3.8, 4) is 11.5 Å². The molecule has 0 unspecified atom stereocenters. The van der Waals surface area contributed by atoms with Crippen LogP contribution in [0.15, 0.2) is 107 Å². The SMILES string of the molecule is NC(=O)c1cc(S(=O)(=O)c2ccc(OCCNC[C@H](O)c3cccc(Cl)c3)cc2)ccc1OCc1ccccc1. The van der Waals surface area contributed by atoms with Crippen LogP contribution in [0.2, 0.25) is 5.02 Å². The maximum Gasteiger partial charge on any atom is 0.252 e. The highest BCUT2D eigenvalue weighted by molar-refractivity contribution is 7.91. The minimum absolute atomic E-state index is 0.0232. The molecule has 10 heteroatoms. The second-order valence-electron chi connectivity index (χ2n) is 8.89. The molecule has 0 saturated carbocycles. The van der Waals surface area contributed by atoms with Gasteiger partial charge in [-0.15, -0.1) is 0 Å². The Kier molecular flexibility index (Phi) is 9.79. The van der Waals surface area contributed by atoms with Crippen LogP contribution in [-0.2, 0) is 16.4 Å². The first-order chi connectivity index (χ1) is 19.2. The van der Waals surface area contributed by atoms with Gasteiger partial charge in [-0.2, -0.15) is 0 Å². The van der Waals surface area contributed by atoms with Gasteiger partial charge < -0.3 is 25.6 Å². The molecule has 4 N–H and O–H groups in total. The molecule has 0 fully saturated rings. The number of aliphatic hydroxyl groups excluding tert-OH is 1. The number of hydrogen-bond donors (Lipinski definition) is 3. The van der Waals surface area contributed by atoms with Crippen LogP contribution in [-0.4, -0.2) is 39.1 Å². The van der Waals surface area contributed by atoms with Gasteiger partial charge in [-0.3, -0.25) is 4.79 Å². The number of hydrogen-bond acceptors (Lipinski definition) is 7. The molecule has 40 heavy (non-hydrogen) atoms. The lowest BCUT2D eigenvalue weighted by Crippen LogP contribution is -2.26. The summed E-state index contributed by atoms with van der Waals surface area (Å²) in [6, 6.07) is 26.4. The number of ether oxygens (including phenoxy) is 2. The van der Waals surface area contributed by atoms with Crippen LogP contribution < -0.4 is 20.5 Å². The van der Waals surface area contributed by atoms with Gasteiger partial charge in [-0.05, 0) is 65.7 Å². The number of rotatable bonds is 13. The summed E-state index contributed by atoms with van der Waals surface area (Å²) in [5.41, 5.74) is 7.11. The molecule has 1 amide bonds. The molecule has 0 saturated heterocycles. The molecule has 4 rings (SSSR count). The molecule has 0 aliphatic carbocycles. The number of amides is 1. The van der Waals surface area contributed by atoms with E-state index in [0.717, 1.165) is 11.1 Å². The van der Waals surface area contributed by atoms with E-state index < -0.39 is 21.8 Å². The standard InChI is InChI=1S/C30H29ClN2O6S/c31-23-8-4-7-22(17-23)28(34)19-33-15-16-38-24-9-11-25(12-10-24)40(36,37)26-13-14-29(27(18-26)30(32)35)39-20-21-5-2-1-3-6-21/h1-14,17-18,28,33-34H,15-16,19-20H2,(H2,32,35)/t28-/m0/s1. The smallest absolute Gasteiger partial charge is 0.252 e. The third kappa shape index (κ3) is 7.61. The predicted octanol–water partition coefficient (Wildman–Crippen LogP) is 4.55. The summed E-state index contributed by atoms with van der Waals surface area (Å²) in [4.78, 5) is 12.0. The highest BCUT2D eigenvalue weighted by Crippen LogP contribution is 2.28. The zero-order valence-electron chi connectivity index (χ0n) is 21.5. The summed E-state index contributed by atoms with van der Waals surface area (Å²) in [6.07, 6.45) is -0.706. The molecule has 0 bridgehead atoms. The number of halogens is 1. The molecular weight excluding hydrogens is 552 g/mol. The molecule has 0 radical (unpaired) electrons. The van der Waals surface area contributed by atoms with Gasteiger partial charge in [-0.25, -0.2) is 8.42 Å². The molecule has 4 aromatic rings. The Morgan fingerprint density at radius 2 is 1.62 bits per heavy atom. The van der Waals surface area contributed by atoms with Gasteiger partial charge in [0.1, 0.15) is 24.7 Å². The number of aliphatic hydroxyl groups is 1. The van der Waals surface area contributed by atoms with Crippen LogP contribution in [0, 0.1) is 0 Å². The first kappa shape index (κ1) is 29.1. The van der Waals surface area contributed by atoms with Crippen LogP contribution in [0.1, 0.15) is 27.6 Å². The maximum atomic E-state index is 13.2. The van der Waals surface area contributed by atoms with Crippen molar-refractivity contribution in [1.29, 1.82) is 0 Å². The van der Waals surface area contributed by atoms with Gasteiger partial charge in [0, 0.05) is 18.1 Å². The average Bonchev–Trinajstić information content (AvgIpc) is 2.96. The number of nitrogens with one attached hydrogen (secondary N) is 1. The zero-order valence-corrected chi connectivity index (χ0v) is 23.1. The lowest BCUT2D eigenvalue weighted by molar-refractivity contribution is 0.0995. The second-order valence-corrected chi connectivity index (χ2v) is 11.3. The van der Waals surface area contributed by atoms with E-state index in [4.69, 9.17) is 26.8 Å². The topological polar surface area (TPSA) is 128 Å². The third-order valence-corrected chi connectivity index (χ3v) is 8.02. The summed E-state index contributed by atoms with van der Waals surface area (Å²) >= 11 is 5.96. The Hall–Kier alpha value is -3.89. The fourth-order valence-corrected chi connectivity index (χ4v) is 5.38. The molecule has 0 spiro atoms. The molecule has 0 aliphatic rings. The van der Waals surface area contributed by atoms with Crippen LogP contribution in [0.3, 0.4) is 0 Å². The van der Waals surface area contributed by atoms with E-state index in [-0.39, 0.29) is 27.7 Å². The van der Waals surface area contributed by atoms with E-state index in [2.05, 4.69) is 5.32 Å². The Labute approximate surface area is 238 Å². The van der Waals surface area contributed by atoms with E-state index in [1.165, 1.54) is 30.3 Å². The van der Waals surface area contributed by atoms with Crippen molar-refractivity contribution in [2.75, 3.05) is 19.7 Å². The average molecular weight is 581 g/mol. The Balaban J connectivity index is 1.33. The number of carbonyl (C=O) groups is 1. The molecular formula is C30H29ClN2O6S.